The monoisotopic (exact) mass is 248 g/mol. The van der Waals surface area contributed by atoms with Gasteiger partial charge in [0, 0.05) is 13.1 Å². The highest BCUT2D eigenvalue weighted by atomic mass is 16.5. The number of nitrogens with two attached hydrogens (primary N) is 1. The second-order valence-corrected chi connectivity index (χ2v) is 4.65. The summed E-state index contributed by atoms with van der Waals surface area (Å²) in [5.74, 6) is -0.359. The second kappa shape index (κ2) is 6.52. The molecule has 4 nitrogen and oxygen atoms in total. The van der Waals surface area contributed by atoms with Gasteiger partial charge < -0.3 is 10.5 Å². The molecule has 1 saturated heterocycles. The van der Waals surface area contributed by atoms with E-state index in [2.05, 4.69) is 29.2 Å². The number of carbonyl (C=O) groups is 1. The molecular formula is C14H20N2O2. The van der Waals surface area contributed by atoms with Gasteiger partial charge in [0.15, 0.2) is 0 Å². The third kappa shape index (κ3) is 3.82. The molecule has 1 heterocycles. The number of amides is 1. The quantitative estimate of drug-likeness (QED) is 0.838. The Bertz CT molecular complexity index is 381. The van der Waals surface area contributed by atoms with Gasteiger partial charge in [-0.15, -0.1) is 0 Å². The number of benzene rings is 1. The fourth-order valence-electron chi connectivity index (χ4n) is 2.23. The van der Waals surface area contributed by atoms with Crippen molar-refractivity contribution in [2.24, 2.45) is 5.73 Å². The van der Waals surface area contributed by atoms with Crippen LogP contribution in [0.5, 0.6) is 0 Å². The summed E-state index contributed by atoms with van der Waals surface area (Å²) in [6.45, 7) is 3.10. The molecule has 4 heteroatoms. The van der Waals surface area contributed by atoms with Crippen molar-refractivity contribution in [1.82, 2.24) is 4.90 Å². The molecule has 1 aromatic rings. The molecule has 2 rings (SSSR count). The van der Waals surface area contributed by atoms with Crippen molar-refractivity contribution in [2.45, 2.75) is 18.9 Å². The Morgan fingerprint density at radius 2 is 2.17 bits per heavy atom. The molecule has 0 unspecified atom stereocenters. The van der Waals surface area contributed by atoms with E-state index in [0.29, 0.717) is 13.2 Å². The van der Waals surface area contributed by atoms with Crippen molar-refractivity contribution < 1.29 is 9.53 Å². The molecule has 1 aliphatic rings. The van der Waals surface area contributed by atoms with Crippen LogP contribution in [0.1, 0.15) is 12.0 Å². The molecule has 98 valence electrons. The van der Waals surface area contributed by atoms with Crippen LogP contribution < -0.4 is 5.73 Å². The van der Waals surface area contributed by atoms with Crippen LogP contribution in [0.25, 0.3) is 0 Å². The molecule has 0 bridgehead atoms. The summed E-state index contributed by atoms with van der Waals surface area (Å²) in [6, 6.07) is 10.4. The Morgan fingerprint density at radius 1 is 1.39 bits per heavy atom. The van der Waals surface area contributed by atoms with Gasteiger partial charge in [-0.2, -0.15) is 0 Å². The third-order valence-electron chi connectivity index (χ3n) is 3.25. The van der Waals surface area contributed by atoms with Gasteiger partial charge in [-0.3, -0.25) is 9.69 Å². The van der Waals surface area contributed by atoms with Crippen LogP contribution >= 0.6 is 0 Å². The SMILES string of the molecule is NC(=O)[C@H]1CN(CCCc2ccccc2)CCO1. The van der Waals surface area contributed by atoms with Crippen molar-refractivity contribution in [3.8, 4) is 0 Å². The molecule has 2 N–H and O–H groups in total. The van der Waals surface area contributed by atoms with Gasteiger partial charge in [-0.1, -0.05) is 30.3 Å². The smallest absolute Gasteiger partial charge is 0.247 e. The van der Waals surface area contributed by atoms with E-state index in [1.165, 1.54) is 5.56 Å². The first kappa shape index (κ1) is 13.1. The molecule has 1 fully saturated rings. The van der Waals surface area contributed by atoms with Gasteiger partial charge in [-0.25, -0.2) is 0 Å². The Morgan fingerprint density at radius 3 is 2.89 bits per heavy atom. The van der Waals surface area contributed by atoms with Crippen LogP contribution in [0.3, 0.4) is 0 Å². The fourth-order valence-corrected chi connectivity index (χ4v) is 2.23. The number of primary amides is 1. The Hall–Kier alpha value is -1.39. The average molecular weight is 248 g/mol. The number of rotatable bonds is 5. The molecule has 1 aromatic carbocycles. The van der Waals surface area contributed by atoms with Crippen LogP contribution in [0.4, 0.5) is 0 Å². The zero-order valence-electron chi connectivity index (χ0n) is 10.5. The summed E-state index contributed by atoms with van der Waals surface area (Å²) >= 11 is 0. The number of morpholine rings is 1. The van der Waals surface area contributed by atoms with Crippen molar-refractivity contribution in [3.05, 3.63) is 35.9 Å². The topological polar surface area (TPSA) is 55.6 Å². The lowest BCUT2D eigenvalue weighted by Gasteiger charge is -2.31. The maximum absolute atomic E-state index is 11.1. The number of hydrogen-bond acceptors (Lipinski definition) is 3. The standard InChI is InChI=1S/C14H20N2O2/c15-14(17)13-11-16(9-10-18-13)8-4-7-12-5-2-1-3-6-12/h1-3,5-6,13H,4,7-11H2,(H2,15,17)/t13-/m1/s1. The molecule has 1 amide bonds. The predicted octanol–water partition coefficient (Wildman–Crippen LogP) is 0.805. The van der Waals surface area contributed by atoms with E-state index in [1.807, 2.05) is 6.07 Å². The summed E-state index contributed by atoms with van der Waals surface area (Å²) in [5.41, 5.74) is 6.62. The highest BCUT2D eigenvalue weighted by Gasteiger charge is 2.23. The third-order valence-corrected chi connectivity index (χ3v) is 3.25. The molecule has 0 saturated carbocycles. The first-order valence-electron chi connectivity index (χ1n) is 6.43. The van der Waals surface area contributed by atoms with Crippen LogP contribution in [-0.4, -0.2) is 43.2 Å². The normalized spacial score (nSPS) is 20.8. The molecule has 0 spiro atoms. The summed E-state index contributed by atoms with van der Waals surface area (Å²) in [6.07, 6.45) is 1.73. The van der Waals surface area contributed by atoms with Gasteiger partial charge in [0.2, 0.25) is 5.91 Å². The summed E-state index contributed by atoms with van der Waals surface area (Å²) in [5, 5.41) is 0. The highest BCUT2D eigenvalue weighted by molar-refractivity contribution is 5.79. The maximum Gasteiger partial charge on any atom is 0.247 e. The van der Waals surface area contributed by atoms with Crippen LogP contribution in [-0.2, 0) is 16.0 Å². The minimum absolute atomic E-state index is 0.359. The zero-order valence-corrected chi connectivity index (χ0v) is 10.5. The maximum atomic E-state index is 11.1. The Balaban J connectivity index is 1.72. The molecule has 0 aromatic heterocycles. The molecule has 1 atom stereocenters. The number of ether oxygens (including phenoxy) is 1. The molecule has 1 aliphatic heterocycles. The summed E-state index contributed by atoms with van der Waals surface area (Å²) in [4.78, 5) is 13.3. The Labute approximate surface area is 108 Å². The first-order valence-corrected chi connectivity index (χ1v) is 6.43. The second-order valence-electron chi connectivity index (χ2n) is 4.65. The van der Waals surface area contributed by atoms with Gasteiger partial charge in [0.25, 0.3) is 0 Å². The van der Waals surface area contributed by atoms with Gasteiger partial charge >= 0.3 is 0 Å². The minimum atomic E-state index is -0.435. The van der Waals surface area contributed by atoms with Crippen molar-refractivity contribution >= 4 is 5.91 Å². The van der Waals surface area contributed by atoms with Crippen LogP contribution in [0, 0.1) is 0 Å². The lowest BCUT2D eigenvalue weighted by atomic mass is 10.1. The predicted molar refractivity (Wildman–Crippen MR) is 70.1 cm³/mol. The van der Waals surface area contributed by atoms with Gasteiger partial charge in [0.1, 0.15) is 6.10 Å². The lowest BCUT2D eigenvalue weighted by Crippen LogP contribution is -2.48. The van der Waals surface area contributed by atoms with Crippen LogP contribution in [0.15, 0.2) is 30.3 Å². The zero-order chi connectivity index (χ0) is 12.8. The van der Waals surface area contributed by atoms with E-state index >= 15 is 0 Å². The molecule has 0 radical (unpaired) electrons. The van der Waals surface area contributed by atoms with E-state index in [1.54, 1.807) is 0 Å². The largest absolute Gasteiger partial charge is 0.367 e. The Kier molecular flexibility index (Phi) is 4.73. The minimum Gasteiger partial charge on any atom is -0.367 e. The average Bonchev–Trinajstić information content (AvgIpc) is 2.40. The van der Waals surface area contributed by atoms with Gasteiger partial charge in [0.05, 0.1) is 6.61 Å². The van der Waals surface area contributed by atoms with Crippen LogP contribution in [0.2, 0.25) is 0 Å². The highest BCUT2D eigenvalue weighted by Crippen LogP contribution is 2.08. The lowest BCUT2D eigenvalue weighted by molar-refractivity contribution is -0.135. The number of carbonyl (C=O) groups excluding carboxylic acids is 1. The number of aryl methyl sites for hydroxylation is 1. The van der Waals surface area contributed by atoms with Crippen molar-refractivity contribution in [3.63, 3.8) is 0 Å². The van der Waals surface area contributed by atoms with E-state index in [-0.39, 0.29) is 5.91 Å². The van der Waals surface area contributed by atoms with Crippen molar-refractivity contribution in [1.29, 1.82) is 0 Å². The van der Waals surface area contributed by atoms with E-state index < -0.39 is 6.10 Å². The summed E-state index contributed by atoms with van der Waals surface area (Å²) in [7, 11) is 0. The fraction of sp³-hybridized carbons (Fsp3) is 0.500. The summed E-state index contributed by atoms with van der Waals surface area (Å²) < 4.78 is 5.32. The van der Waals surface area contributed by atoms with E-state index in [4.69, 9.17) is 10.5 Å². The molecule has 0 aliphatic carbocycles. The van der Waals surface area contributed by atoms with Crippen molar-refractivity contribution in [2.75, 3.05) is 26.2 Å². The van der Waals surface area contributed by atoms with E-state index in [9.17, 15) is 4.79 Å². The van der Waals surface area contributed by atoms with E-state index in [0.717, 1.165) is 25.9 Å². The first-order chi connectivity index (χ1) is 8.75. The molecular weight excluding hydrogens is 228 g/mol. The number of nitrogens with zero attached hydrogens (tertiary/aromatic N) is 1. The number of hydrogen-bond donors (Lipinski definition) is 1. The molecule has 18 heavy (non-hydrogen) atoms. The van der Waals surface area contributed by atoms with Gasteiger partial charge in [-0.05, 0) is 24.9 Å².